The molecule has 1 aliphatic rings. The molecule has 1 aromatic heterocycles. The summed E-state index contributed by atoms with van der Waals surface area (Å²) < 4.78 is 24.0. The Bertz CT molecular complexity index is 1100. The molecule has 160 valence electrons. The van der Waals surface area contributed by atoms with Crippen LogP contribution in [0.1, 0.15) is 40.6 Å². The Balaban J connectivity index is 1.67. The van der Waals surface area contributed by atoms with Gasteiger partial charge >= 0.3 is 0 Å². The minimum absolute atomic E-state index is 0.0892. The molecule has 0 radical (unpaired) electrons. The lowest BCUT2D eigenvalue weighted by Crippen LogP contribution is -2.31. The highest BCUT2D eigenvalue weighted by Crippen LogP contribution is 2.36. The molecule has 6 heteroatoms. The van der Waals surface area contributed by atoms with Crippen LogP contribution in [-0.2, 0) is 0 Å². The van der Waals surface area contributed by atoms with Crippen molar-refractivity contribution >= 4 is 5.91 Å². The van der Waals surface area contributed by atoms with E-state index in [0.29, 0.717) is 23.6 Å². The Hall–Kier alpha value is -3.41. The fraction of sp³-hybridized carbons (Fsp3) is 0.280. The first-order valence-corrected chi connectivity index (χ1v) is 10.3. The van der Waals surface area contributed by atoms with E-state index in [1.807, 2.05) is 24.0 Å². The largest absolute Gasteiger partial charge is 0.497 e. The zero-order valence-electron chi connectivity index (χ0n) is 17.9. The van der Waals surface area contributed by atoms with Crippen LogP contribution < -0.4 is 9.47 Å². The summed E-state index contributed by atoms with van der Waals surface area (Å²) in [5.41, 5.74) is 4.09. The molecule has 2 heterocycles. The number of aromatic nitrogens is 1. The van der Waals surface area contributed by atoms with Crippen LogP contribution >= 0.6 is 0 Å². The Morgan fingerprint density at radius 3 is 2.52 bits per heavy atom. The number of nitrogens with zero attached hydrogens (tertiary/aromatic N) is 2. The van der Waals surface area contributed by atoms with Crippen molar-refractivity contribution in [2.24, 2.45) is 0 Å². The molecule has 0 N–H and O–H groups in total. The first-order chi connectivity index (χ1) is 15.0. The lowest BCUT2D eigenvalue weighted by molar-refractivity contribution is 0.0729. The fourth-order valence-corrected chi connectivity index (χ4v) is 4.12. The van der Waals surface area contributed by atoms with Gasteiger partial charge in [0.25, 0.3) is 5.91 Å². The normalized spacial score (nSPS) is 15.7. The van der Waals surface area contributed by atoms with Crippen LogP contribution in [0.25, 0.3) is 11.1 Å². The average Bonchev–Trinajstić information content (AvgIpc) is 3.28. The molecule has 0 aliphatic carbocycles. The van der Waals surface area contributed by atoms with Gasteiger partial charge in [0.05, 0.1) is 31.5 Å². The van der Waals surface area contributed by atoms with E-state index in [-0.39, 0.29) is 17.8 Å². The third-order valence-electron chi connectivity index (χ3n) is 5.64. The van der Waals surface area contributed by atoms with Gasteiger partial charge in [0.15, 0.2) is 0 Å². The fourth-order valence-electron chi connectivity index (χ4n) is 4.12. The Labute approximate surface area is 181 Å². The Kier molecular flexibility index (Phi) is 5.89. The number of halogens is 1. The molecule has 3 aromatic rings. The van der Waals surface area contributed by atoms with Crippen LogP contribution in [0.4, 0.5) is 4.39 Å². The van der Waals surface area contributed by atoms with Gasteiger partial charge in [0, 0.05) is 18.3 Å². The lowest BCUT2D eigenvalue weighted by Gasteiger charge is -2.26. The molecule has 0 bridgehead atoms. The maximum Gasteiger partial charge on any atom is 0.258 e. The summed E-state index contributed by atoms with van der Waals surface area (Å²) in [6.07, 6.45) is 1.74. The number of carbonyl (C=O) groups excluding carboxylic acids is 1. The molecule has 0 spiro atoms. The monoisotopic (exact) mass is 420 g/mol. The second-order valence-electron chi connectivity index (χ2n) is 7.65. The minimum Gasteiger partial charge on any atom is -0.497 e. The zero-order chi connectivity index (χ0) is 22.0. The van der Waals surface area contributed by atoms with E-state index in [0.717, 1.165) is 35.4 Å². The molecule has 1 aliphatic heterocycles. The molecule has 1 amide bonds. The topological polar surface area (TPSA) is 51.7 Å². The van der Waals surface area contributed by atoms with Crippen molar-refractivity contribution in [3.63, 3.8) is 0 Å². The molecular weight excluding hydrogens is 395 g/mol. The van der Waals surface area contributed by atoms with Gasteiger partial charge in [-0.2, -0.15) is 0 Å². The van der Waals surface area contributed by atoms with Gasteiger partial charge < -0.3 is 14.4 Å². The van der Waals surface area contributed by atoms with Gasteiger partial charge in [-0.05, 0) is 67.3 Å². The average molecular weight is 420 g/mol. The van der Waals surface area contributed by atoms with Crippen molar-refractivity contribution < 1.29 is 18.7 Å². The number of rotatable bonds is 5. The van der Waals surface area contributed by atoms with Crippen molar-refractivity contribution in [1.82, 2.24) is 9.88 Å². The molecule has 0 saturated carbocycles. The van der Waals surface area contributed by atoms with Gasteiger partial charge in [-0.25, -0.2) is 4.39 Å². The van der Waals surface area contributed by atoms with Gasteiger partial charge in [-0.15, -0.1) is 0 Å². The Morgan fingerprint density at radius 2 is 1.81 bits per heavy atom. The number of likely N-dealkylation sites (tertiary alicyclic amines) is 1. The van der Waals surface area contributed by atoms with Crippen LogP contribution in [0.2, 0.25) is 0 Å². The van der Waals surface area contributed by atoms with Crippen molar-refractivity contribution in [3.05, 3.63) is 77.4 Å². The molecule has 5 nitrogen and oxygen atoms in total. The van der Waals surface area contributed by atoms with E-state index in [1.54, 1.807) is 44.6 Å². The lowest BCUT2D eigenvalue weighted by atomic mass is 10.0. The highest BCUT2D eigenvalue weighted by atomic mass is 19.1. The summed E-state index contributed by atoms with van der Waals surface area (Å²) >= 11 is 0. The maximum atomic E-state index is 13.4. The zero-order valence-corrected chi connectivity index (χ0v) is 17.9. The molecule has 1 saturated heterocycles. The predicted molar refractivity (Wildman–Crippen MR) is 117 cm³/mol. The van der Waals surface area contributed by atoms with Crippen molar-refractivity contribution in [2.45, 2.75) is 25.8 Å². The van der Waals surface area contributed by atoms with E-state index in [4.69, 9.17) is 14.5 Å². The van der Waals surface area contributed by atoms with Crippen molar-refractivity contribution in [2.75, 3.05) is 20.8 Å². The number of hydrogen-bond donors (Lipinski definition) is 0. The highest BCUT2D eigenvalue weighted by Gasteiger charge is 2.33. The standard InChI is InChI=1S/C25H25FN2O3/c1-16-13-18(17-6-8-19(26)9-7-17)14-22(27-16)23-5-4-12-28(23)25(29)21-11-10-20(30-2)15-24(21)31-3/h6-11,13-15,23H,4-5,12H2,1-3H3/t23-/m0/s1. The minimum atomic E-state index is -0.268. The molecule has 1 atom stereocenters. The number of amides is 1. The summed E-state index contributed by atoms with van der Waals surface area (Å²) in [4.78, 5) is 20.0. The molecule has 1 fully saturated rings. The highest BCUT2D eigenvalue weighted by molar-refractivity contribution is 5.97. The molecule has 2 aromatic carbocycles. The second kappa shape index (κ2) is 8.76. The number of benzene rings is 2. The summed E-state index contributed by atoms with van der Waals surface area (Å²) in [6.45, 7) is 2.59. The number of methoxy groups -OCH3 is 2. The number of aryl methyl sites for hydroxylation is 1. The van der Waals surface area contributed by atoms with Crippen LogP contribution in [-0.4, -0.2) is 36.6 Å². The van der Waals surface area contributed by atoms with Gasteiger partial charge in [-0.1, -0.05) is 12.1 Å². The third kappa shape index (κ3) is 4.24. The number of carbonyl (C=O) groups is 1. The first-order valence-electron chi connectivity index (χ1n) is 10.3. The van der Waals surface area contributed by atoms with Crippen molar-refractivity contribution in [3.8, 4) is 22.6 Å². The number of pyridine rings is 1. The molecule has 4 rings (SSSR count). The summed E-state index contributed by atoms with van der Waals surface area (Å²) in [5, 5.41) is 0. The van der Waals surface area contributed by atoms with Gasteiger partial charge in [0.2, 0.25) is 0 Å². The summed E-state index contributed by atoms with van der Waals surface area (Å²) in [5.74, 6) is 0.763. The van der Waals surface area contributed by atoms with Crippen molar-refractivity contribution in [1.29, 1.82) is 0 Å². The third-order valence-corrected chi connectivity index (χ3v) is 5.64. The van der Waals surface area contributed by atoms with E-state index in [1.165, 1.54) is 12.1 Å². The predicted octanol–water partition coefficient (Wildman–Crippen LogP) is 5.19. The van der Waals surface area contributed by atoms with E-state index < -0.39 is 0 Å². The van der Waals surface area contributed by atoms with E-state index >= 15 is 0 Å². The smallest absolute Gasteiger partial charge is 0.258 e. The molecule has 31 heavy (non-hydrogen) atoms. The number of ether oxygens (including phenoxy) is 2. The molecular formula is C25H25FN2O3. The quantitative estimate of drug-likeness (QED) is 0.570. The van der Waals surface area contributed by atoms with E-state index in [9.17, 15) is 9.18 Å². The summed E-state index contributed by atoms with van der Waals surface area (Å²) in [6, 6.07) is 15.5. The first kappa shape index (κ1) is 20.8. The van der Waals surface area contributed by atoms with Crippen LogP contribution in [0, 0.1) is 12.7 Å². The Morgan fingerprint density at radius 1 is 1.03 bits per heavy atom. The SMILES string of the molecule is COc1ccc(C(=O)N2CCC[C@H]2c2cc(-c3ccc(F)cc3)cc(C)n2)c(OC)c1. The molecule has 0 unspecified atom stereocenters. The van der Waals surface area contributed by atoms with Crippen LogP contribution in [0.15, 0.2) is 54.6 Å². The van der Waals surface area contributed by atoms with E-state index in [2.05, 4.69) is 0 Å². The number of hydrogen-bond acceptors (Lipinski definition) is 4. The summed E-state index contributed by atoms with van der Waals surface area (Å²) in [7, 11) is 3.12. The maximum absolute atomic E-state index is 13.4. The second-order valence-corrected chi connectivity index (χ2v) is 7.65. The van der Waals surface area contributed by atoms with Crippen LogP contribution in [0.3, 0.4) is 0 Å². The van der Waals surface area contributed by atoms with Gasteiger partial charge in [-0.3, -0.25) is 9.78 Å². The van der Waals surface area contributed by atoms with Gasteiger partial charge in [0.1, 0.15) is 17.3 Å². The van der Waals surface area contributed by atoms with Crippen LogP contribution in [0.5, 0.6) is 11.5 Å².